The molecule has 18 heavy (non-hydrogen) atoms. The van der Waals surface area contributed by atoms with Gasteiger partial charge in [0.25, 0.3) is 0 Å². The summed E-state index contributed by atoms with van der Waals surface area (Å²) in [6.07, 6.45) is 0. The lowest BCUT2D eigenvalue weighted by Gasteiger charge is -2.26. The van der Waals surface area contributed by atoms with E-state index in [9.17, 15) is 0 Å². The minimum Gasteiger partial charge on any atom is -0.377 e. The van der Waals surface area contributed by atoms with Gasteiger partial charge in [0.15, 0.2) is 0 Å². The number of rotatable bonds is 4. The maximum absolute atomic E-state index is 8.86. The number of hydrogen-bond donors (Lipinski definition) is 0. The van der Waals surface area contributed by atoms with E-state index >= 15 is 0 Å². The third-order valence-corrected chi connectivity index (χ3v) is 3.56. The van der Waals surface area contributed by atoms with E-state index in [4.69, 9.17) is 5.26 Å². The Kier molecular flexibility index (Phi) is 5.10. The molecule has 1 aromatic carbocycles. The van der Waals surface area contributed by atoms with Gasteiger partial charge in [0.1, 0.15) is 5.40 Å². The molecule has 0 amide bonds. The summed E-state index contributed by atoms with van der Waals surface area (Å²) in [6, 6.07) is 4.31. The van der Waals surface area contributed by atoms with Crippen LogP contribution in [0.15, 0.2) is 17.0 Å². The molecule has 0 heterocycles. The summed E-state index contributed by atoms with van der Waals surface area (Å²) in [4.78, 5) is 3.24. The predicted octanol–water partition coefficient (Wildman–Crippen LogP) is 4.57. The van der Waals surface area contributed by atoms with Crippen molar-refractivity contribution in [1.82, 2.24) is 0 Å². The fraction of sp³-hybridized carbons (Fsp3) is 0.533. The number of nitrogens with zero attached hydrogens (tertiary/aromatic N) is 2. The van der Waals surface area contributed by atoms with Gasteiger partial charge < -0.3 is 4.90 Å². The molecule has 98 valence electrons. The highest BCUT2D eigenvalue weighted by Crippen LogP contribution is 2.37. The van der Waals surface area contributed by atoms with Gasteiger partial charge in [-0.1, -0.05) is 27.7 Å². The van der Waals surface area contributed by atoms with Crippen molar-refractivity contribution in [2.24, 2.45) is 0 Å². The van der Waals surface area contributed by atoms with E-state index in [0.29, 0.717) is 11.8 Å². The van der Waals surface area contributed by atoms with Gasteiger partial charge >= 0.3 is 0 Å². The Morgan fingerprint density at radius 2 is 1.50 bits per heavy atom. The maximum atomic E-state index is 8.86. The van der Waals surface area contributed by atoms with Crippen molar-refractivity contribution < 1.29 is 0 Å². The molecule has 0 aliphatic heterocycles. The molecule has 0 spiro atoms. The average Bonchev–Trinajstić information content (AvgIpc) is 2.27. The minimum absolute atomic E-state index is 0.458. The maximum Gasteiger partial charge on any atom is 0.138 e. The average molecular weight is 262 g/mol. The van der Waals surface area contributed by atoms with Crippen LogP contribution in [0.5, 0.6) is 0 Å². The second-order valence-electron chi connectivity index (χ2n) is 5.35. The van der Waals surface area contributed by atoms with Crippen molar-refractivity contribution in [3.8, 4) is 5.40 Å². The molecular formula is C15H22N2S. The molecule has 0 saturated carbocycles. The largest absolute Gasteiger partial charge is 0.377 e. The van der Waals surface area contributed by atoms with Crippen molar-refractivity contribution in [3.63, 3.8) is 0 Å². The lowest BCUT2D eigenvalue weighted by atomic mass is 9.92. The summed E-state index contributed by atoms with van der Waals surface area (Å²) in [6.45, 7) is 8.81. The smallest absolute Gasteiger partial charge is 0.138 e. The molecule has 0 aromatic heterocycles. The third kappa shape index (κ3) is 3.20. The standard InChI is InChI=1S/C15H22N2S/c1-10(2)13-7-12(18-9-16)8-14(11(3)4)15(13)17(5)6/h7-8,10-11H,1-6H3. The molecule has 0 saturated heterocycles. The van der Waals surface area contributed by atoms with Crippen molar-refractivity contribution in [2.75, 3.05) is 19.0 Å². The van der Waals surface area contributed by atoms with Crippen LogP contribution in [0.4, 0.5) is 5.69 Å². The van der Waals surface area contributed by atoms with Gasteiger partial charge in [0.05, 0.1) is 0 Å². The van der Waals surface area contributed by atoms with Crippen molar-refractivity contribution in [3.05, 3.63) is 23.3 Å². The topological polar surface area (TPSA) is 27.0 Å². The van der Waals surface area contributed by atoms with Crippen LogP contribution in [0.1, 0.15) is 50.7 Å². The molecule has 0 N–H and O–H groups in total. The number of hydrogen-bond acceptors (Lipinski definition) is 3. The first-order valence-corrected chi connectivity index (χ1v) is 7.11. The zero-order valence-electron chi connectivity index (χ0n) is 12.1. The van der Waals surface area contributed by atoms with E-state index in [2.05, 4.69) is 64.2 Å². The molecular weight excluding hydrogens is 240 g/mol. The lowest BCUT2D eigenvalue weighted by molar-refractivity contribution is 0.816. The highest BCUT2D eigenvalue weighted by atomic mass is 32.2. The van der Waals surface area contributed by atoms with Crippen molar-refractivity contribution in [2.45, 2.75) is 44.4 Å². The Morgan fingerprint density at radius 3 is 1.78 bits per heavy atom. The quantitative estimate of drug-likeness (QED) is 0.587. The summed E-state index contributed by atoms with van der Waals surface area (Å²) in [5.41, 5.74) is 3.95. The Bertz CT molecular complexity index is 427. The van der Waals surface area contributed by atoms with E-state index in [-0.39, 0.29) is 0 Å². The number of thiocyanates is 1. The fourth-order valence-electron chi connectivity index (χ4n) is 2.16. The number of anilines is 1. The van der Waals surface area contributed by atoms with Gasteiger partial charge in [-0.25, -0.2) is 0 Å². The van der Waals surface area contributed by atoms with Gasteiger partial charge in [-0.05, 0) is 46.9 Å². The molecule has 0 radical (unpaired) electrons. The number of thioether (sulfide) groups is 1. The van der Waals surface area contributed by atoms with Crippen LogP contribution in [0.25, 0.3) is 0 Å². The summed E-state index contributed by atoms with van der Waals surface area (Å²) in [7, 11) is 4.18. The molecule has 0 aliphatic rings. The van der Waals surface area contributed by atoms with Crippen LogP contribution < -0.4 is 4.90 Å². The van der Waals surface area contributed by atoms with Crippen LogP contribution >= 0.6 is 11.8 Å². The van der Waals surface area contributed by atoms with Crippen LogP contribution in [0.2, 0.25) is 0 Å². The Labute approximate surface area is 115 Å². The number of nitriles is 1. The normalized spacial score (nSPS) is 10.8. The molecule has 0 atom stereocenters. The highest BCUT2D eigenvalue weighted by Gasteiger charge is 2.17. The van der Waals surface area contributed by atoms with Crippen molar-refractivity contribution in [1.29, 1.82) is 5.26 Å². The fourth-order valence-corrected chi connectivity index (χ4v) is 2.64. The molecule has 0 fully saturated rings. The Balaban J connectivity index is 3.50. The zero-order chi connectivity index (χ0) is 13.9. The Hall–Kier alpha value is -1.14. The monoisotopic (exact) mass is 262 g/mol. The third-order valence-electron chi connectivity index (χ3n) is 3.00. The summed E-state index contributed by atoms with van der Waals surface area (Å²) in [5, 5.41) is 11.0. The van der Waals surface area contributed by atoms with Gasteiger partial charge in [-0.2, -0.15) is 5.26 Å². The Morgan fingerprint density at radius 1 is 1.06 bits per heavy atom. The van der Waals surface area contributed by atoms with Crippen molar-refractivity contribution >= 4 is 17.4 Å². The van der Waals surface area contributed by atoms with E-state index in [1.165, 1.54) is 28.6 Å². The first-order chi connectivity index (χ1) is 8.38. The van der Waals surface area contributed by atoms with E-state index in [1.54, 1.807) is 0 Å². The van der Waals surface area contributed by atoms with Gasteiger partial charge in [0.2, 0.25) is 0 Å². The summed E-state index contributed by atoms with van der Waals surface area (Å²) in [5.74, 6) is 0.915. The highest BCUT2D eigenvalue weighted by molar-refractivity contribution is 8.03. The predicted molar refractivity (Wildman–Crippen MR) is 80.4 cm³/mol. The number of benzene rings is 1. The second kappa shape index (κ2) is 6.15. The summed E-state index contributed by atoms with van der Waals surface area (Å²) < 4.78 is 0. The molecule has 0 unspecified atom stereocenters. The van der Waals surface area contributed by atoms with Crippen LogP contribution in [-0.2, 0) is 0 Å². The minimum atomic E-state index is 0.458. The summed E-state index contributed by atoms with van der Waals surface area (Å²) >= 11 is 1.25. The molecule has 1 rings (SSSR count). The van der Waals surface area contributed by atoms with Crippen LogP contribution in [0, 0.1) is 10.7 Å². The van der Waals surface area contributed by atoms with E-state index in [0.717, 1.165) is 4.90 Å². The molecule has 1 aromatic rings. The van der Waals surface area contributed by atoms with E-state index < -0.39 is 0 Å². The van der Waals surface area contributed by atoms with Crippen LogP contribution in [0.3, 0.4) is 0 Å². The lowest BCUT2D eigenvalue weighted by Crippen LogP contribution is -2.15. The molecule has 0 aliphatic carbocycles. The first kappa shape index (κ1) is 14.9. The van der Waals surface area contributed by atoms with Crippen LogP contribution in [-0.4, -0.2) is 14.1 Å². The molecule has 3 heteroatoms. The zero-order valence-corrected chi connectivity index (χ0v) is 12.9. The second-order valence-corrected chi connectivity index (χ2v) is 6.21. The van der Waals surface area contributed by atoms with Gasteiger partial charge in [0, 0.05) is 24.7 Å². The van der Waals surface area contributed by atoms with Gasteiger partial charge in [-0.3, -0.25) is 0 Å². The molecule has 2 nitrogen and oxygen atoms in total. The molecule has 0 bridgehead atoms. The first-order valence-electron chi connectivity index (χ1n) is 6.29. The SMILES string of the molecule is CC(C)c1cc(SC#N)cc(C(C)C)c1N(C)C. The van der Waals surface area contributed by atoms with E-state index in [1.807, 2.05) is 0 Å². The van der Waals surface area contributed by atoms with Gasteiger partial charge in [-0.15, -0.1) is 0 Å².